The number of carbonyl (C=O) groups excluding carboxylic acids is 2. The molecule has 190 valence electrons. The van der Waals surface area contributed by atoms with Gasteiger partial charge < -0.3 is 19.3 Å². The van der Waals surface area contributed by atoms with E-state index in [-0.39, 0.29) is 19.4 Å². The average Bonchev–Trinajstić information content (AvgIpc) is 2.73. The highest BCUT2D eigenvalue weighted by molar-refractivity contribution is 7.46. The number of hydrogen-bond donors (Lipinski definition) is 2. The summed E-state index contributed by atoms with van der Waals surface area (Å²) in [7, 11) is -4.72. The van der Waals surface area contributed by atoms with Crippen LogP contribution in [-0.2, 0) is 28.2 Å². The molecule has 0 saturated carbocycles. The first-order valence-corrected chi connectivity index (χ1v) is 13.9. The molecule has 0 heterocycles. The van der Waals surface area contributed by atoms with Crippen LogP contribution in [0.5, 0.6) is 0 Å². The number of rotatable bonds is 22. The Labute approximate surface area is 194 Å². The fourth-order valence-electron chi connectivity index (χ4n) is 3.25. The fraction of sp³-hybridized carbons (Fsp3) is 0.913. The Bertz CT molecular complexity index is 520. The molecule has 0 saturated heterocycles. The van der Waals surface area contributed by atoms with Crippen LogP contribution in [-0.4, -0.2) is 41.0 Å². The van der Waals surface area contributed by atoms with E-state index in [0.717, 1.165) is 38.5 Å². The summed E-state index contributed by atoms with van der Waals surface area (Å²) in [6.07, 6.45) is 14.5. The number of hydrogen-bond acceptors (Lipinski definition) is 6. The van der Waals surface area contributed by atoms with E-state index in [1.54, 1.807) is 0 Å². The molecule has 0 aromatic carbocycles. The molecule has 2 N–H and O–H groups in total. The molecule has 9 heteroatoms. The molecule has 0 aromatic rings. The molecule has 0 rings (SSSR count). The zero-order valence-corrected chi connectivity index (χ0v) is 21.0. The Balaban J connectivity index is 4.17. The van der Waals surface area contributed by atoms with Gasteiger partial charge in [-0.15, -0.1) is 0 Å². The van der Waals surface area contributed by atoms with Gasteiger partial charge in [0.05, 0.1) is 6.61 Å². The van der Waals surface area contributed by atoms with Crippen molar-refractivity contribution in [1.82, 2.24) is 0 Å². The smallest absolute Gasteiger partial charge is 0.462 e. The first-order chi connectivity index (χ1) is 15.3. The molecule has 0 unspecified atom stereocenters. The van der Waals surface area contributed by atoms with Crippen LogP contribution < -0.4 is 0 Å². The third-order valence-electron chi connectivity index (χ3n) is 5.13. The van der Waals surface area contributed by atoms with Gasteiger partial charge in [-0.25, -0.2) is 4.57 Å². The Hall–Kier alpha value is -0.950. The second-order valence-corrected chi connectivity index (χ2v) is 9.56. The molecule has 0 amide bonds. The Morgan fingerprint density at radius 1 is 0.688 bits per heavy atom. The van der Waals surface area contributed by atoms with E-state index < -0.39 is 32.5 Å². The maximum Gasteiger partial charge on any atom is 0.469 e. The molecule has 8 nitrogen and oxygen atoms in total. The van der Waals surface area contributed by atoms with Crippen LogP contribution in [0.2, 0.25) is 0 Å². The highest BCUT2D eigenvalue weighted by atomic mass is 31.2. The van der Waals surface area contributed by atoms with E-state index in [1.165, 1.54) is 44.9 Å². The van der Waals surface area contributed by atoms with Gasteiger partial charge in [0.2, 0.25) is 0 Å². The first kappa shape index (κ1) is 31.0. The monoisotopic (exact) mass is 480 g/mol. The van der Waals surface area contributed by atoms with E-state index in [9.17, 15) is 14.2 Å². The van der Waals surface area contributed by atoms with Crippen molar-refractivity contribution in [3.05, 3.63) is 0 Å². The van der Waals surface area contributed by atoms with Crippen molar-refractivity contribution in [3.8, 4) is 0 Å². The second-order valence-electron chi connectivity index (χ2n) is 8.32. The van der Waals surface area contributed by atoms with Gasteiger partial charge in [-0.05, 0) is 12.8 Å². The second kappa shape index (κ2) is 20.6. The summed E-state index contributed by atoms with van der Waals surface area (Å²) in [6.45, 7) is 3.52. The molecule has 32 heavy (non-hydrogen) atoms. The molecule has 0 aliphatic carbocycles. The van der Waals surface area contributed by atoms with E-state index >= 15 is 0 Å². The lowest BCUT2D eigenvalue weighted by Gasteiger charge is -2.18. The van der Waals surface area contributed by atoms with Gasteiger partial charge in [-0.3, -0.25) is 14.1 Å². The van der Waals surface area contributed by atoms with Gasteiger partial charge in [0.25, 0.3) is 0 Å². The summed E-state index contributed by atoms with van der Waals surface area (Å²) < 4.78 is 25.8. The Kier molecular flexibility index (Phi) is 20.0. The molecular weight excluding hydrogens is 435 g/mol. The van der Waals surface area contributed by atoms with Crippen LogP contribution in [0, 0.1) is 0 Å². The number of carbonyl (C=O) groups is 2. The first-order valence-electron chi connectivity index (χ1n) is 12.3. The molecule has 0 fully saturated rings. The third kappa shape index (κ3) is 22.3. The van der Waals surface area contributed by atoms with Crippen molar-refractivity contribution >= 4 is 19.8 Å². The van der Waals surface area contributed by atoms with Crippen LogP contribution in [0.3, 0.4) is 0 Å². The lowest BCUT2D eigenvalue weighted by molar-refractivity contribution is -0.161. The van der Waals surface area contributed by atoms with Crippen molar-refractivity contribution in [1.29, 1.82) is 0 Å². The van der Waals surface area contributed by atoms with Crippen molar-refractivity contribution in [2.75, 3.05) is 13.2 Å². The van der Waals surface area contributed by atoms with Gasteiger partial charge in [0, 0.05) is 12.8 Å². The fourth-order valence-corrected chi connectivity index (χ4v) is 3.61. The van der Waals surface area contributed by atoms with Gasteiger partial charge in [-0.2, -0.15) is 0 Å². The van der Waals surface area contributed by atoms with Crippen LogP contribution in [0.15, 0.2) is 0 Å². The number of esters is 2. The molecule has 0 bridgehead atoms. The minimum Gasteiger partial charge on any atom is -0.462 e. The summed E-state index contributed by atoms with van der Waals surface area (Å²) >= 11 is 0. The third-order valence-corrected chi connectivity index (χ3v) is 5.61. The predicted molar refractivity (Wildman–Crippen MR) is 124 cm³/mol. The Morgan fingerprint density at radius 3 is 1.59 bits per heavy atom. The van der Waals surface area contributed by atoms with E-state index in [1.807, 2.05) is 0 Å². The lowest BCUT2D eigenvalue weighted by atomic mass is 10.1. The number of phosphoric acid groups is 1. The maximum atomic E-state index is 12.1. The van der Waals surface area contributed by atoms with Crippen molar-refractivity contribution in [2.45, 2.75) is 123 Å². The summed E-state index contributed by atoms with van der Waals surface area (Å²) in [5.41, 5.74) is 0. The lowest BCUT2D eigenvalue weighted by Crippen LogP contribution is -2.29. The van der Waals surface area contributed by atoms with Crippen LogP contribution >= 0.6 is 7.82 Å². The molecule has 0 aliphatic rings. The van der Waals surface area contributed by atoms with E-state index in [0.29, 0.717) is 6.42 Å². The van der Waals surface area contributed by atoms with Gasteiger partial charge in [-0.1, -0.05) is 90.9 Å². The minimum atomic E-state index is -4.72. The average molecular weight is 481 g/mol. The van der Waals surface area contributed by atoms with Crippen molar-refractivity contribution < 1.29 is 37.9 Å². The predicted octanol–water partition coefficient (Wildman–Crippen LogP) is 5.83. The largest absolute Gasteiger partial charge is 0.469 e. The number of ether oxygens (including phenoxy) is 2. The molecule has 1 atom stereocenters. The summed E-state index contributed by atoms with van der Waals surface area (Å²) in [5, 5.41) is 0. The van der Waals surface area contributed by atoms with Gasteiger partial charge in [0.1, 0.15) is 6.61 Å². The Morgan fingerprint density at radius 2 is 1.12 bits per heavy atom. The van der Waals surface area contributed by atoms with Crippen LogP contribution in [0.25, 0.3) is 0 Å². The van der Waals surface area contributed by atoms with Crippen molar-refractivity contribution in [2.24, 2.45) is 0 Å². The summed E-state index contributed by atoms with van der Waals surface area (Å²) in [5.74, 6) is -0.899. The highest BCUT2D eigenvalue weighted by Crippen LogP contribution is 2.35. The van der Waals surface area contributed by atoms with Crippen molar-refractivity contribution in [3.63, 3.8) is 0 Å². The minimum absolute atomic E-state index is 0.214. The molecule has 0 aliphatic heterocycles. The molecular formula is C23H45O8P. The maximum absolute atomic E-state index is 12.1. The number of unbranched alkanes of at least 4 members (excludes halogenated alkanes) is 12. The summed E-state index contributed by atoms with van der Waals surface area (Å²) in [6, 6.07) is 0. The SMILES string of the molecule is CCCCCCCCCC(=O)OC[C@@H](COP(=O)(O)O)OC(=O)CCCCCCCCC. The number of phosphoric ester groups is 1. The zero-order valence-electron chi connectivity index (χ0n) is 20.1. The molecule has 0 radical (unpaired) electrons. The van der Waals surface area contributed by atoms with Gasteiger partial charge >= 0.3 is 19.8 Å². The van der Waals surface area contributed by atoms with E-state index in [4.69, 9.17) is 19.3 Å². The van der Waals surface area contributed by atoms with Crippen LogP contribution in [0.1, 0.15) is 117 Å². The quantitative estimate of drug-likeness (QED) is 0.113. The van der Waals surface area contributed by atoms with E-state index in [2.05, 4.69) is 18.4 Å². The molecule has 0 spiro atoms. The zero-order chi connectivity index (χ0) is 24.1. The summed E-state index contributed by atoms with van der Waals surface area (Å²) in [4.78, 5) is 41.8. The highest BCUT2D eigenvalue weighted by Gasteiger charge is 2.22. The van der Waals surface area contributed by atoms with Crippen LogP contribution in [0.4, 0.5) is 0 Å². The standard InChI is InChI=1S/C23H45O8P/c1-3-5-7-9-11-13-15-17-22(24)29-19-21(20-30-32(26,27)28)31-23(25)18-16-14-12-10-8-6-4-2/h21H,3-20H2,1-2H3,(H2,26,27,28)/t21-/m0/s1. The topological polar surface area (TPSA) is 119 Å². The molecule has 0 aromatic heterocycles. The van der Waals surface area contributed by atoms with Gasteiger partial charge in [0.15, 0.2) is 6.10 Å². The normalized spacial score (nSPS) is 12.5.